The summed E-state index contributed by atoms with van der Waals surface area (Å²) in [6, 6.07) is 94.2. The van der Waals surface area contributed by atoms with E-state index in [4.69, 9.17) is 0 Å². The molecule has 0 fully saturated rings. The molecule has 12 aromatic carbocycles. The summed E-state index contributed by atoms with van der Waals surface area (Å²) in [6.45, 7) is 0. The van der Waals surface area contributed by atoms with Gasteiger partial charge in [0.05, 0.1) is 11.0 Å². The molecule has 0 radical (unpaired) electrons. The van der Waals surface area contributed by atoms with Crippen LogP contribution in [0.1, 0.15) is 0 Å². The Balaban J connectivity index is 1.12. The minimum Gasteiger partial charge on any atom is -0.310 e. The minimum atomic E-state index is 1.08. The number of aromatic nitrogens is 1. The zero-order valence-corrected chi connectivity index (χ0v) is 38.4. The molecule has 0 saturated carbocycles. The molecule has 2 nitrogen and oxygen atoms in total. The van der Waals surface area contributed by atoms with Gasteiger partial charge in [0.2, 0.25) is 0 Å². The highest BCUT2D eigenvalue weighted by molar-refractivity contribution is 7.25. The Labute approximate surface area is 403 Å². The zero-order valence-electron chi connectivity index (χ0n) is 37.6. The van der Waals surface area contributed by atoms with Crippen molar-refractivity contribution >= 4 is 124 Å². The fourth-order valence-electron chi connectivity index (χ4n) is 11.0. The third kappa shape index (κ3) is 6.39. The van der Waals surface area contributed by atoms with Crippen molar-refractivity contribution in [2.24, 2.45) is 0 Å². The molecule has 2 aromatic heterocycles. The van der Waals surface area contributed by atoms with Gasteiger partial charge in [-0.05, 0) is 144 Å². The number of para-hydroxylation sites is 2. The molecule has 0 aliphatic rings. The van der Waals surface area contributed by atoms with E-state index in [9.17, 15) is 0 Å². The monoisotopic (exact) mass is 894 g/mol. The van der Waals surface area contributed by atoms with Gasteiger partial charge in [-0.25, -0.2) is 0 Å². The molecule has 0 amide bonds. The van der Waals surface area contributed by atoms with Crippen LogP contribution in [-0.4, -0.2) is 4.57 Å². The van der Waals surface area contributed by atoms with Crippen molar-refractivity contribution in [2.75, 3.05) is 4.90 Å². The number of hydrogen-bond donors (Lipinski definition) is 0. The number of hydrogen-bond acceptors (Lipinski definition) is 2. The van der Waals surface area contributed by atoms with Crippen LogP contribution in [0.5, 0.6) is 0 Å². The summed E-state index contributed by atoms with van der Waals surface area (Å²) < 4.78 is 4.98. The smallest absolute Gasteiger partial charge is 0.0542 e. The van der Waals surface area contributed by atoms with Crippen LogP contribution in [0.15, 0.2) is 255 Å². The first-order valence-electron chi connectivity index (χ1n) is 23.7. The van der Waals surface area contributed by atoms with Crippen molar-refractivity contribution in [1.29, 1.82) is 0 Å². The van der Waals surface area contributed by atoms with Crippen molar-refractivity contribution in [1.82, 2.24) is 4.57 Å². The van der Waals surface area contributed by atoms with E-state index in [2.05, 4.69) is 264 Å². The van der Waals surface area contributed by atoms with Crippen LogP contribution in [0.25, 0.3) is 113 Å². The van der Waals surface area contributed by atoms with Gasteiger partial charge >= 0.3 is 0 Å². The summed E-state index contributed by atoms with van der Waals surface area (Å²) in [7, 11) is 0. The Bertz CT molecular complexity index is 4410. The van der Waals surface area contributed by atoms with E-state index in [0.29, 0.717) is 0 Å². The molecule has 0 unspecified atom stereocenters. The molecule has 0 spiro atoms. The molecule has 14 rings (SSSR count). The largest absolute Gasteiger partial charge is 0.310 e. The van der Waals surface area contributed by atoms with Gasteiger partial charge in [-0.15, -0.1) is 11.3 Å². The summed E-state index contributed by atoms with van der Waals surface area (Å²) in [6.07, 6.45) is 0. The Morgan fingerprint density at radius 3 is 1.33 bits per heavy atom. The molecule has 0 aliphatic heterocycles. The van der Waals surface area contributed by atoms with E-state index in [1.54, 1.807) is 0 Å². The molecule has 0 bridgehead atoms. The average molecular weight is 895 g/mol. The maximum atomic E-state index is 2.49. The molecule has 3 heteroatoms. The highest BCUT2D eigenvalue weighted by Crippen LogP contribution is 2.45. The number of thiophene rings is 1. The van der Waals surface area contributed by atoms with Gasteiger partial charge in [-0.1, -0.05) is 176 Å². The first-order chi connectivity index (χ1) is 34.2. The van der Waals surface area contributed by atoms with Gasteiger partial charge in [-0.3, -0.25) is 0 Å². The van der Waals surface area contributed by atoms with E-state index in [-0.39, 0.29) is 0 Å². The fraction of sp³-hybridized carbons (Fsp3) is 0. The van der Waals surface area contributed by atoms with Crippen LogP contribution < -0.4 is 4.90 Å². The van der Waals surface area contributed by atoms with Crippen LogP contribution in [-0.2, 0) is 0 Å². The molecular formula is C66H42N2S. The first-order valence-corrected chi connectivity index (χ1v) is 24.5. The summed E-state index contributed by atoms with van der Waals surface area (Å²) in [4.78, 5) is 2.45. The summed E-state index contributed by atoms with van der Waals surface area (Å²) in [5.74, 6) is 0. The van der Waals surface area contributed by atoms with Crippen molar-refractivity contribution in [3.8, 4) is 16.8 Å². The summed E-state index contributed by atoms with van der Waals surface area (Å²) in [5.41, 5.74) is 9.14. The second-order valence-electron chi connectivity index (χ2n) is 18.0. The number of fused-ring (bicyclic) bond motifs is 16. The molecule has 69 heavy (non-hydrogen) atoms. The molecule has 14 aromatic rings. The lowest BCUT2D eigenvalue weighted by Crippen LogP contribution is -2.10. The first kappa shape index (κ1) is 39.4. The molecule has 2 heterocycles. The average Bonchev–Trinajstić information content (AvgIpc) is 3.96. The SMILES string of the molecule is c1ccc(-c2ccc(N(c3ccc4c5ccccc5c5ccccc5c5ccccc5c5cc6sc7ccccc7c6cc5c4c3)c3ccc4c(c3)c3ccccc3n4-c3ccccc3)cc2)cc1. The van der Waals surface area contributed by atoms with Crippen LogP contribution in [0.4, 0.5) is 17.1 Å². The van der Waals surface area contributed by atoms with Crippen LogP contribution in [0, 0.1) is 0 Å². The van der Waals surface area contributed by atoms with Gasteiger partial charge < -0.3 is 9.47 Å². The van der Waals surface area contributed by atoms with Crippen molar-refractivity contribution in [2.45, 2.75) is 0 Å². The molecule has 0 atom stereocenters. The molecule has 0 N–H and O–H groups in total. The maximum absolute atomic E-state index is 2.49. The van der Waals surface area contributed by atoms with Crippen molar-refractivity contribution in [3.05, 3.63) is 255 Å². The second kappa shape index (κ2) is 16.0. The normalized spacial score (nSPS) is 11.8. The van der Waals surface area contributed by atoms with E-state index < -0.39 is 0 Å². The van der Waals surface area contributed by atoms with E-state index >= 15 is 0 Å². The van der Waals surface area contributed by atoms with Gasteiger partial charge in [0.25, 0.3) is 0 Å². The van der Waals surface area contributed by atoms with Crippen LogP contribution in [0.2, 0.25) is 0 Å². The number of anilines is 3. The maximum Gasteiger partial charge on any atom is 0.0542 e. The zero-order chi connectivity index (χ0) is 45.4. The van der Waals surface area contributed by atoms with E-state index in [1.165, 1.54) is 107 Å². The topological polar surface area (TPSA) is 8.17 Å². The third-order valence-corrected chi connectivity index (χ3v) is 15.3. The van der Waals surface area contributed by atoms with Crippen molar-refractivity contribution in [3.63, 3.8) is 0 Å². The summed E-state index contributed by atoms with van der Waals surface area (Å²) >= 11 is 1.88. The fourth-order valence-corrected chi connectivity index (χ4v) is 12.2. The van der Waals surface area contributed by atoms with E-state index in [1.807, 2.05) is 11.3 Å². The molecule has 322 valence electrons. The number of benzene rings is 11. The highest BCUT2D eigenvalue weighted by Gasteiger charge is 2.20. The predicted octanol–water partition coefficient (Wildman–Crippen LogP) is 19.2. The Hall–Kier alpha value is -8.76. The number of nitrogens with zero attached hydrogens (tertiary/aromatic N) is 2. The second-order valence-corrected chi connectivity index (χ2v) is 19.1. The molecular weight excluding hydrogens is 853 g/mol. The molecule has 0 aliphatic carbocycles. The van der Waals surface area contributed by atoms with E-state index in [0.717, 1.165) is 22.7 Å². The lowest BCUT2D eigenvalue weighted by atomic mass is 9.93. The van der Waals surface area contributed by atoms with Gasteiger partial charge in [0, 0.05) is 53.7 Å². The Morgan fingerprint density at radius 1 is 0.246 bits per heavy atom. The van der Waals surface area contributed by atoms with Crippen LogP contribution in [0.3, 0.4) is 0 Å². The van der Waals surface area contributed by atoms with Crippen LogP contribution >= 0.6 is 11.3 Å². The lowest BCUT2D eigenvalue weighted by Gasteiger charge is -2.26. The lowest BCUT2D eigenvalue weighted by molar-refractivity contribution is 1.18. The Morgan fingerprint density at radius 2 is 0.681 bits per heavy atom. The quantitative estimate of drug-likeness (QED) is 0.167. The third-order valence-electron chi connectivity index (χ3n) is 14.2. The Kier molecular flexibility index (Phi) is 9.11. The predicted molar refractivity (Wildman–Crippen MR) is 299 cm³/mol. The van der Waals surface area contributed by atoms with Crippen molar-refractivity contribution < 1.29 is 0 Å². The summed E-state index contributed by atoms with van der Waals surface area (Å²) in [5, 5.41) is 17.2. The van der Waals surface area contributed by atoms with Gasteiger partial charge in [0.1, 0.15) is 0 Å². The van der Waals surface area contributed by atoms with Gasteiger partial charge in [-0.2, -0.15) is 0 Å². The molecule has 0 saturated heterocycles. The highest BCUT2D eigenvalue weighted by atomic mass is 32.1. The standard InChI is InChI=1S/C66H42N2S/c1-3-17-43(18-4-1)44-31-33-46(34-32-44)67(48-36-38-64-61(40-48)56-27-13-15-29-63(56)68(64)45-19-5-2-6-20-45)47-35-37-55-53-25-10-9-23-51(53)49-21-7-8-22-50(49)52-24-11-12-26-54(52)60-42-66-62(41-59(60)58(55)39-47)57-28-14-16-30-65(57)69-66/h1-42H. The van der Waals surface area contributed by atoms with Gasteiger partial charge in [0.15, 0.2) is 0 Å². The number of rotatable bonds is 5. The minimum absolute atomic E-state index is 1.08.